The molecule has 0 spiro atoms. The van der Waals surface area contributed by atoms with Crippen LogP contribution in [0.3, 0.4) is 0 Å². The number of anilines is 3. The van der Waals surface area contributed by atoms with Gasteiger partial charge in [-0.2, -0.15) is 0 Å². The van der Waals surface area contributed by atoms with Crippen LogP contribution < -0.4 is 15.5 Å². The molecule has 202 valence electrons. The summed E-state index contributed by atoms with van der Waals surface area (Å²) in [6.07, 6.45) is 1.35. The van der Waals surface area contributed by atoms with Gasteiger partial charge in [0, 0.05) is 42.7 Å². The fourth-order valence-corrected chi connectivity index (χ4v) is 5.67. The molecule has 5 rings (SSSR count). The monoisotopic (exact) mass is 547 g/mol. The van der Waals surface area contributed by atoms with Gasteiger partial charge in [-0.25, -0.2) is 21.5 Å². The summed E-state index contributed by atoms with van der Waals surface area (Å²) < 4.78 is 59.6. The molecule has 38 heavy (non-hydrogen) atoms. The zero-order valence-electron chi connectivity index (χ0n) is 20.5. The fraction of sp³-hybridized carbons (Fsp3) is 0.360. The van der Waals surface area contributed by atoms with Crippen molar-refractivity contribution < 1.29 is 31.5 Å². The van der Waals surface area contributed by atoms with Crippen LogP contribution in [0.15, 0.2) is 48.7 Å². The number of rotatable bonds is 6. The molecule has 2 saturated heterocycles. The Bertz CT molecular complexity index is 1480. The number of fused-ring (bicyclic) bond motifs is 1. The van der Waals surface area contributed by atoms with Crippen LogP contribution in [0.5, 0.6) is 0 Å². The van der Waals surface area contributed by atoms with Crippen molar-refractivity contribution >= 4 is 49.8 Å². The van der Waals surface area contributed by atoms with E-state index < -0.39 is 45.8 Å². The van der Waals surface area contributed by atoms with Crippen molar-refractivity contribution in [2.45, 2.75) is 6.30 Å². The van der Waals surface area contributed by atoms with Crippen molar-refractivity contribution in [1.82, 2.24) is 9.29 Å². The molecule has 2 aliphatic rings. The third-order valence-electron chi connectivity index (χ3n) is 6.86. The Morgan fingerprint density at radius 1 is 1.05 bits per heavy atom. The molecule has 10 nitrogen and oxygen atoms in total. The Morgan fingerprint density at radius 2 is 1.79 bits per heavy atom. The molecule has 0 saturated carbocycles. The molecule has 1 aromatic heterocycles. The van der Waals surface area contributed by atoms with E-state index in [1.807, 2.05) is 12.1 Å². The number of carbonyl (C=O) groups is 2. The number of carbonyl (C=O) groups excluding carboxylic acids is 2. The van der Waals surface area contributed by atoms with E-state index in [1.165, 1.54) is 17.0 Å². The minimum atomic E-state index is -3.69. The number of H-pyrrole nitrogens is 1. The highest BCUT2D eigenvalue weighted by Gasteiger charge is 2.45. The summed E-state index contributed by atoms with van der Waals surface area (Å²) in [4.78, 5) is 30.8. The maximum atomic E-state index is 14.9. The number of benzene rings is 2. The van der Waals surface area contributed by atoms with Gasteiger partial charge in [0.2, 0.25) is 21.8 Å². The molecule has 3 N–H and O–H groups in total. The van der Waals surface area contributed by atoms with Crippen molar-refractivity contribution in [1.29, 1.82) is 0 Å². The van der Waals surface area contributed by atoms with Gasteiger partial charge in [-0.15, -0.1) is 0 Å². The van der Waals surface area contributed by atoms with Crippen molar-refractivity contribution in [2.24, 2.45) is 11.8 Å². The fourth-order valence-electron chi connectivity index (χ4n) is 4.80. The number of ether oxygens (including phenoxy) is 1. The van der Waals surface area contributed by atoms with Crippen LogP contribution in [0, 0.1) is 17.7 Å². The molecular weight excluding hydrogens is 520 g/mol. The van der Waals surface area contributed by atoms with E-state index >= 15 is 0 Å². The van der Waals surface area contributed by atoms with E-state index in [4.69, 9.17) is 4.74 Å². The lowest BCUT2D eigenvalue weighted by atomic mass is 9.94. The predicted molar refractivity (Wildman–Crippen MR) is 138 cm³/mol. The Labute approximate surface area is 218 Å². The Kier molecular flexibility index (Phi) is 7.07. The molecule has 2 amide bonds. The number of sulfonamides is 1. The van der Waals surface area contributed by atoms with E-state index in [0.29, 0.717) is 18.0 Å². The molecule has 13 heteroatoms. The van der Waals surface area contributed by atoms with Gasteiger partial charge < -0.3 is 25.3 Å². The molecule has 0 aliphatic carbocycles. The summed E-state index contributed by atoms with van der Waals surface area (Å²) in [6, 6.07) is 11.1. The molecule has 3 aromatic rings. The number of hydrogen-bond acceptors (Lipinski definition) is 6. The highest BCUT2D eigenvalue weighted by molar-refractivity contribution is 7.88. The van der Waals surface area contributed by atoms with Crippen LogP contribution in [0.1, 0.15) is 0 Å². The number of alkyl halides is 1. The van der Waals surface area contributed by atoms with Crippen molar-refractivity contribution in [3.63, 3.8) is 0 Å². The first kappa shape index (κ1) is 26.1. The maximum absolute atomic E-state index is 14.9. The molecule has 3 atom stereocenters. The summed E-state index contributed by atoms with van der Waals surface area (Å²) in [5, 5.41) is 6.19. The number of amides is 2. The van der Waals surface area contributed by atoms with Crippen LogP contribution in [0.4, 0.5) is 25.8 Å². The summed E-state index contributed by atoms with van der Waals surface area (Å²) in [7, 11) is -3.69. The average Bonchev–Trinajstić information content (AvgIpc) is 3.53. The number of hydrogen-bond donors (Lipinski definition) is 3. The van der Waals surface area contributed by atoms with E-state index in [2.05, 4.69) is 15.6 Å². The van der Waals surface area contributed by atoms with Crippen LogP contribution in [-0.4, -0.2) is 74.9 Å². The normalized spacial score (nSPS) is 22.5. The van der Waals surface area contributed by atoms with E-state index in [1.54, 1.807) is 18.3 Å². The van der Waals surface area contributed by atoms with Crippen LogP contribution in [0.2, 0.25) is 0 Å². The quantitative estimate of drug-likeness (QED) is 0.408. The Morgan fingerprint density at radius 3 is 2.47 bits per heavy atom. The van der Waals surface area contributed by atoms with E-state index in [0.717, 1.165) is 27.5 Å². The van der Waals surface area contributed by atoms with Crippen LogP contribution >= 0.6 is 0 Å². The minimum absolute atomic E-state index is 0.124. The van der Waals surface area contributed by atoms with Gasteiger partial charge in [0.25, 0.3) is 0 Å². The number of aromatic amines is 1. The van der Waals surface area contributed by atoms with Gasteiger partial charge in [0.15, 0.2) is 6.30 Å². The summed E-state index contributed by atoms with van der Waals surface area (Å²) in [6.45, 7) is 0.0187. The largest absolute Gasteiger partial charge is 0.375 e. The third-order valence-corrected chi connectivity index (χ3v) is 8.10. The lowest BCUT2D eigenvalue weighted by Gasteiger charge is -2.32. The number of nitrogens with one attached hydrogen (secondary N) is 3. The molecule has 2 aromatic carbocycles. The molecular formula is C25H27F2N5O5S. The van der Waals surface area contributed by atoms with E-state index in [-0.39, 0.29) is 31.9 Å². The molecule has 0 bridgehead atoms. The van der Waals surface area contributed by atoms with Gasteiger partial charge in [-0.1, -0.05) is 6.07 Å². The zero-order valence-corrected chi connectivity index (χ0v) is 21.3. The second-order valence-corrected chi connectivity index (χ2v) is 11.4. The first-order valence-electron chi connectivity index (χ1n) is 12.0. The molecule has 3 heterocycles. The third kappa shape index (κ3) is 5.35. The minimum Gasteiger partial charge on any atom is -0.375 e. The van der Waals surface area contributed by atoms with Crippen LogP contribution in [0.25, 0.3) is 10.9 Å². The standard InChI is InChI=1S/C25H27F2N5O5S/c1-38(35,36)31-12-18(24(33)29-16-3-2-15-6-7-28-22(15)10-16)19(13-31)25(34)30-21-5-4-17(11-20(21)26)32-8-9-37-14-23(32)27/h2-7,10-11,18-19,23,28H,8-9,12-14H2,1H3,(H,29,33)(H,30,34)/t18-,19-,23?/m0/s1. The Hall–Kier alpha value is -3.55. The smallest absolute Gasteiger partial charge is 0.229 e. The number of nitrogens with zero attached hydrogens (tertiary/aromatic N) is 2. The van der Waals surface area contributed by atoms with Crippen molar-refractivity contribution in [3.8, 4) is 0 Å². The second kappa shape index (κ2) is 10.3. The highest BCUT2D eigenvalue weighted by atomic mass is 32.2. The highest BCUT2D eigenvalue weighted by Crippen LogP contribution is 2.30. The van der Waals surface area contributed by atoms with E-state index in [9.17, 15) is 26.8 Å². The number of morpholine rings is 1. The van der Waals surface area contributed by atoms with Gasteiger partial charge >= 0.3 is 0 Å². The zero-order chi connectivity index (χ0) is 27.0. The SMILES string of the molecule is CS(=O)(=O)N1C[C@H](C(=O)Nc2ccc3cc[nH]c3c2)[C@@H](C(=O)Nc2ccc(N3CCOCC3F)cc2F)C1. The van der Waals surface area contributed by atoms with Crippen molar-refractivity contribution in [2.75, 3.05) is 54.6 Å². The molecule has 2 aliphatic heterocycles. The van der Waals surface area contributed by atoms with Gasteiger partial charge in [-0.3, -0.25) is 9.59 Å². The topological polar surface area (TPSA) is 124 Å². The molecule has 0 radical (unpaired) electrons. The Balaban J connectivity index is 1.33. The summed E-state index contributed by atoms with van der Waals surface area (Å²) >= 11 is 0. The summed E-state index contributed by atoms with van der Waals surface area (Å²) in [5.74, 6) is -4.08. The van der Waals surface area contributed by atoms with Crippen molar-refractivity contribution in [3.05, 3.63) is 54.5 Å². The predicted octanol–water partition coefficient (Wildman–Crippen LogP) is 2.52. The van der Waals surface area contributed by atoms with Crippen LogP contribution in [-0.2, 0) is 24.3 Å². The van der Waals surface area contributed by atoms with Gasteiger partial charge in [0.1, 0.15) is 5.82 Å². The first-order chi connectivity index (χ1) is 18.1. The first-order valence-corrected chi connectivity index (χ1v) is 13.9. The van der Waals surface area contributed by atoms with Gasteiger partial charge in [-0.05, 0) is 41.8 Å². The lowest BCUT2D eigenvalue weighted by Crippen LogP contribution is -2.42. The summed E-state index contributed by atoms with van der Waals surface area (Å²) in [5.41, 5.74) is 1.43. The number of aromatic nitrogens is 1. The molecule has 1 unspecified atom stereocenters. The number of halogens is 2. The molecule has 2 fully saturated rings. The average molecular weight is 548 g/mol. The second-order valence-electron chi connectivity index (χ2n) is 9.42. The lowest BCUT2D eigenvalue weighted by molar-refractivity contribution is -0.127. The van der Waals surface area contributed by atoms with Gasteiger partial charge in [0.05, 0.1) is 37.0 Å². The maximum Gasteiger partial charge on any atom is 0.229 e.